The molecule has 0 unspecified atom stereocenters. The minimum atomic E-state index is 0.768. The topological polar surface area (TPSA) is 33.6 Å². The van der Waals surface area contributed by atoms with Gasteiger partial charge in [0.15, 0.2) is 0 Å². The molecule has 1 heterocycles. The maximum absolute atomic E-state index is 5.73. The minimum absolute atomic E-state index is 0.768. The standard InChI is InChI=1S/C15H21NO.C2H7N/c1-5-13(9-10-16-4)12(3)15-14(6-2)8-7-11-17-15;1-3-2/h6,9-10H,2-3,5,7-8,11H2,1,4H3;3H,1-2H3/b13-9+,16-10?;. The molecule has 0 spiro atoms. The lowest BCUT2D eigenvalue weighted by Gasteiger charge is -2.22. The van der Waals surface area contributed by atoms with Gasteiger partial charge in [-0.3, -0.25) is 4.99 Å². The van der Waals surface area contributed by atoms with Crippen LogP contribution in [0.4, 0.5) is 0 Å². The molecule has 0 bridgehead atoms. The van der Waals surface area contributed by atoms with E-state index >= 15 is 0 Å². The molecule has 0 saturated heterocycles. The average molecular weight is 276 g/mol. The molecule has 3 heteroatoms. The van der Waals surface area contributed by atoms with Crippen LogP contribution in [0.25, 0.3) is 0 Å². The third-order valence-corrected chi connectivity index (χ3v) is 2.84. The van der Waals surface area contributed by atoms with Crippen LogP contribution in [0.3, 0.4) is 0 Å². The number of hydrogen-bond acceptors (Lipinski definition) is 3. The van der Waals surface area contributed by atoms with Crippen LogP contribution < -0.4 is 5.32 Å². The highest BCUT2D eigenvalue weighted by atomic mass is 16.5. The molecule has 0 atom stereocenters. The maximum Gasteiger partial charge on any atom is 0.129 e. The van der Waals surface area contributed by atoms with Gasteiger partial charge < -0.3 is 10.1 Å². The normalized spacial score (nSPS) is 15.5. The molecule has 0 aliphatic carbocycles. The summed E-state index contributed by atoms with van der Waals surface area (Å²) in [4.78, 5) is 3.97. The molecule has 0 radical (unpaired) electrons. The van der Waals surface area contributed by atoms with E-state index in [1.54, 1.807) is 13.3 Å². The van der Waals surface area contributed by atoms with Crippen molar-refractivity contribution in [3.8, 4) is 0 Å². The van der Waals surface area contributed by atoms with Gasteiger partial charge in [-0.1, -0.05) is 26.2 Å². The highest BCUT2D eigenvalue weighted by molar-refractivity contribution is 5.74. The van der Waals surface area contributed by atoms with Crippen molar-refractivity contribution in [3.05, 3.63) is 47.8 Å². The molecular formula is C17H28N2O. The van der Waals surface area contributed by atoms with Gasteiger partial charge in [-0.15, -0.1) is 0 Å². The summed E-state index contributed by atoms with van der Waals surface area (Å²) in [6, 6.07) is 0. The molecule has 0 aromatic heterocycles. The number of aliphatic imine (C=N–C) groups is 1. The summed E-state index contributed by atoms with van der Waals surface area (Å²) < 4.78 is 5.73. The monoisotopic (exact) mass is 276 g/mol. The molecule has 20 heavy (non-hydrogen) atoms. The zero-order valence-electron chi connectivity index (χ0n) is 13.3. The molecular weight excluding hydrogens is 248 g/mol. The summed E-state index contributed by atoms with van der Waals surface area (Å²) >= 11 is 0. The van der Waals surface area contributed by atoms with Crippen LogP contribution >= 0.6 is 0 Å². The van der Waals surface area contributed by atoms with Gasteiger partial charge in [0.1, 0.15) is 5.76 Å². The largest absolute Gasteiger partial charge is 0.493 e. The van der Waals surface area contributed by atoms with Crippen molar-refractivity contribution in [1.29, 1.82) is 0 Å². The fourth-order valence-electron chi connectivity index (χ4n) is 1.86. The Hall–Kier alpha value is -1.61. The van der Waals surface area contributed by atoms with Crippen LogP contribution in [-0.2, 0) is 4.74 Å². The second-order valence-corrected chi connectivity index (χ2v) is 4.44. The van der Waals surface area contributed by atoms with Crippen LogP contribution in [0, 0.1) is 0 Å². The summed E-state index contributed by atoms with van der Waals surface area (Å²) in [5.74, 6) is 0.906. The van der Waals surface area contributed by atoms with Crippen molar-refractivity contribution in [2.75, 3.05) is 27.7 Å². The molecule has 3 nitrogen and oxygen atoms in total. The van der Waals surface area contributed by atoms with Gasteiger partial charge in [-0.05, 0) is 50.6 Å². The van der Waals surface area contributed by atoms with Gasteiger partial charge in [0.2, 0.25) is 0 Å². The zero-order chi connectivity index (χ0) is 15.4. The van der Waals surface area contributed by atoms with Crippen LogP contribution in [-0.4, -0.2) is 34.0 Å². The SMILES string of the molecule is C=CC1=C(C(=C)/C(=C/C=NC)CC)OCCC1.CNC. The second-order valence-electron chi connectivity index (χ2n) is 4.44. The number of ether oxygens (including phenoxy) is 1. The van der Waals surface area contributed by atoms with E-state index in [9.17, 15) is 0 Å². The Labute approximate surface area is 123 Å². The smallest absolute Gasteiger partial charge is 0.129 e. The second kappa shape index (κ2) is 11.2. The first-order chi connectivity index (χ1) is 9.65. The first-order valence-corrected chi connectivity index (χ1v) is 7.03. The van der Waals surface area contributed by atoms with E-state index < -0.39 is 0 Å². The molecule has 1 aliphatic rings. The molecule has 1 aliphatic heterocycles. The molecule has 0 aromatic rings. The van der Waals surface area contributed by atoms with Crippen molar-refractivity contribution in [2.24, 2.45) is 4.99 Å². The molecule has 1 N–H and O–H groups in total. The van der Waals surface area contributed by atoms with E-state index in [0.717, 1.165) is 48.3 Å². The van der Waals surface area contributed by atoms with Gasteiger partial charge in [0, 0.05) is 18.8 Å². The van der Waals surface area contributed by atoms with Crippen molar-refractivity contribution in [3.63, 3.8) is 0 Å². The third kappa shape index (κ3) is 6.02. The number of nitrogens with one attached hydrogen (secondary N) is 1. The minimum Gasteiger partial charge on any atom is -0.493 e. The first-order valence-electron chi connectivity index (χ1n) is 7.03. The van der Waals surface area contributed by atoms with E-state index in [1.807, 2.05) is 26.2 Å². The Morgan fingerprint density at radius 2 is 2.10 bits per heavy atom. The molecule has 112 valence electrons. The fourth-order valence-corrected chi connectivity index (χ4v) is 1.86. The highest BCUT2D eigenvalue weighted by Crippen LogP contribution is 2.29. The van der Waals surface area contributed by atoms with E-state index in [4.69, 9.17) is 4.74 Å². The molecule has 0 saturated carbocycles. The molecule has 1 rings (SSSR count). The van der Waals surface area contributed by atoms with Crippen molar-refractivity contribution in [2.45, 2.75) is 26.2 Å². The predicted molar refractivity (Wildman–Crippen MR) is 89.3 cm³/mol. The van der Waals surface area contributed by atoms with Crippen LogP contribution in [0.1, 0.15) is 26.2 Å². The third-order valence-electron chi connectivity index (χ3n) is 2.84. The number of rotatable bonds is 5. The number of nitrogens with zero attached hydrogens (tertiary/aromatic N) is 1. The molecule has 0 aromatic carbocycles. The lowest BCUT2D eigenvalue weighted by atomic mass is 9.96. The lowest BCUT2D eigenvalue weighted by Crippen LogP contribution is -2.08. The van der Waals surface area contributed by atoms with Crippen molar-refractivity contribution < 1.29 is 4.74 Å². The van der Waals surface area contributed by atoms with Crippen LogP contribution in [0.15, 0.2) is 52.8 Å². The van der Waals surface area contributed by atoms with E-state index in [2.05, 4.69) is 30.4 Å². The summed E-state index contributed by atoms with van der Waals surface area (Å²) in [6.07, 6.45) is 8.66. The van der Waals surface area contributed by atoms with Crippen molar-refractivity contribution >= 4 is 6.21 Å². The molecule has 0 fully saturated rings. The van der Waals surface area contributed by atoms with Gasteiger partial charge in [-0.2, -0.15) is 0 Å². The summed E-state index contributed by atoms with van der Waals surface area (Å²) in [7, 11) is 5.51. The lowest BCUT2D eigenvalue weighted by molar-refractivity contribution is 0.198. The van der Waals surface area contributed by atoms with E-state index in [1.165, 1.54) is 0 Å². The van der Waals surface area contributed by atoms with Crippen LogP contribution in [0.5, 0.6) is 0 Å². The Morgan fingerprint density at radius 1 is 1.45 bits per heavy atom. The average Bonchev–Trinajstić information content (AvgIpc) is 2.48. The van der Waals surface area contributed by atoms with E-state index in [0.29, 0.717) is 0 Å². The first kappa shape index (κ1) is 18.4. The quantitative estimate of drug-likeness (QED) is 0.614. The van der Waals surface area contributed by atoms with Gasteiger partial charge in [-0.25, -0.2) is 0 Å². The summed E-state index contributed by atoms with van der Waals surface area (Å²) in [6.45, 7) is 10.9. The van der Waals surface area contributed by atoms with Gasteiger partial charge in [0.25, 0.3) is 0 Å². The Balaban J connectivity index is 0.00000110. The van der Waals surface area contributed by atoms with Crippen LogP contribution in [0.2, 0.25) is 0 Å². The van der Waals surface area contributed by atoms with Crippen molar-refractivity contribution in [1.82, 2.24) is 5.32 Å². The Bertz CT molecular complexity index is 403. The number of hydrogen-bond donors (Lipinski definition) is 1. The summed E-state index contributed by atoms with van der Waals surface area (Å²) in [5, 5.41) is 2.75. The highest BCUT2D eigenvalue weighted by Gasteiger charge is 2.16. The Morgan fingerprint density at radius 3 is 2.60 bits per heavy atom. The molecule has 0 amide bonds. The van der Waals surface area contributed by atoms with Gasteiger partial charge in [0.05, 0.1) is 6.61 Å². The van der Waals surface area contributed by atoms with Gasteiger partial charge >= 0.3 is 0 Å². The fraction of sp³-hybridized carbons (Fsp3) is 0.471. The number of allylic oxidation sites excluding steroid dienone is 4. The van der Waals surface area contributed by atoms with E-state index in [-0.39, 0.29) is 0 Å². The maximum atomic E-state index is 5.73. The zero-order valence-corrected chi connectivity index (χ0v) is 13.3. The Kier molecular flexibility index (Phi) is 10.3. The predicted octanol–water partition coefficient (Wildman–Crippen LogP) is 3.67. The summed E-state index contributed by atoms with van der Waals surface area (Å²) in [5.41, 5.74) is 3.28.